The molecule has 3 aliphatic rings. The quantitative estimate of drug-likeness (QED) is 0.571. The molecule has 0 saturated carbocycles. The molecule has 0 spiro atoms. The van der Waals surface area contributed by atoms with Gasteiger partial charge in [0, 0.05) is 80.0 Å². The van der Waals surface area contributed by atoms with Gasteiger partial charge in [-0.25, -0.2) is 0 Å². The van der Waals surface area contributed by atoms with Crippen molar-refractivity contribution in [3.8, 4) is 16.9 Å². The molecule has 6 rings (SSSR count). The van der Waals surface area contributed by atoms with Gasteiger partial charge in [0.1, 0.15) is 12.4 Å². The van der Waals surface area contributed by atoms with Crippen LogP contribution in [0.4, 0.5) is 11.5 Å². The average Bonchev–Trinajstić information content (AvgIpc) is 3.19. The average molecular weight is 484 g/mol. The summed E-state index contributed by atoms with van der Waals surface area (Å²) in [6.45, 7) is 9.53. The molecule has 36 heavy (non-hydrogen) atoms. The zero-order valence-corrected chi connectivity index (χ0v) is 20.6. The Hall–Kier alpha value is -3.90. The molecule has 0 atom stereocenters. The third-order valence-electron chi connectivity index (χ3n) is 7.50. The van der Waals surface area contributed by atoms with Crippen LogP contribution in [0.25, 0.3) is 11.1 Å². The van der Waals surface area contributed by atoms with Crippen LogP contribution in [0.2, 0.25) is 0 Å². The zero-order valence-electron chi connectivity index (χ0n) is 20.6. The third-order valence-corrected chi connectivity index (χ3v) is 7.50. The summed E-state index contributed by atoms with van der Waals surface area (Å²) in [5.74, 6) is 1.89. The highest BCUT2D eigenvalue weighted by atomic mass is 16.5. The van der Waals surface area contributed by atoms with Crippen LogP contribution in [0.3, 0.4) is 0 Å². The molecule has 0 aromatic carbocycles. The first-order valence-electron chi connectivity index (χ1n) is 12.4. The van der Waals surface area contributed by atoms with Gasteiger partial charge in [-0.05, 0) is 38.0 Å². The lowest BCUT2D eigenvalue weighted by Crippen LogP contribution is -2.54. The van der Waals surface area contributed by atoms with E-state index >= 15 is 0 Å². The maximum absolute atomic E-state index is 11.9. The standard InChI is InChI=1S/C27H29N7O2/c1-4-25(35)33-9-6-20(7-10-33)34-14-19(15-34)23-11-24-26(17(2)30-23)36-16-22-21(5-8-28-27(22)31-24)18-12-29-32(3)13-18/h4,11-13,19-20H,1,6-7,9-10,14-16H2,2-3H3,(H,28,31). The van der Waals surface area contributed by atoms with E-state index in [2.05, 4.69) is 45.2 Å². The molecular weight excluding hydrogens is 454 g/mol. The number of hydrogen-bond acceptors (Lipinski definition) is 7. The minimum absolute atomic E-state index is 0.0356. The van der Waals surface area contributed by atoms with Gasteiger partial charge in [0.15, 0.2) is 5.75 Å². The van der Waals surface area contributed by atoms with Crippen LogP contribution < -0.4 is 10.1 Å². The first kappa shape index (κ1) is 22.6. The summed E-state index contributed by atoms with van der Waals surface area (Å²) >= 11 is 0. The van der Waals surface area contributed by atoms with E-state index < -0.39 is 0 Å². The van der Waals surface area contributed by atoms with Crippen LogP contribution in [0.1, 0.15) is 35.7 Å². The molecule has 0 bridgehead atoms. The van der Waals surface area contributed by atoms with E-state index in [1.807, 2.05) is 31.3 Å². The van der Waals surface area contributed by atoms with E-state index in [-0.39, 0.29) is 5.91 Å². The van der Waals surface area contributed by atoms with Crippen molar-refractivity contribution in [3.05, 3.63) is 60.3 Å². The van der Waals surface area contributed by atoms with E-state index in [0.29, 0.717) is 18.6 Å². The van der Waals surface area contributed by atoms with Crippen molar-refractivity contribution in [2.75, 3.05) is 31.5 Å². The Balaban J connectivity index is 1.17. The van der Waals surface area contributed by atoms with Gasteiger partial charge in [0.25, 0.3) is 0 Å². The first-order chi connectivity index (χ1) is 17.5. The second kappa shape index (κ2) is 8.95. The topological polar surface area (TPSA) is 88.4 Å². The van der Waals surface area contributed by atoms with Crippen molar-refractivity contribution < 1.29 is 9.53 Å². The van der Waals surface area contributed by atoms with Gasteiger partial charge >= 0.3 is 0 Å². The van der Waals surface area contributed by atoms with E-state index in [1.54, 1.807) is 4.68 Å². The fraction of sp³-hybridized carbons (Fsp3) is 0.407. The van der Waals surface area contributed by atoms with E-state index in [1.165, 1.54) is 6.08 Å². The van der Waals surface area contributed by atoms with Crippen LogP contribution in [0, 0.1) is 19.2 Å². The smallest absolute Gasteiger partial charge is 0.245 e. The summed E-state index contributed by atoms with van der Waals surface area (Å²) in [5, 5.41) is 7.77. The number of anilines is 2. The number of nitrogens with zero attached hydrogens (tertiary/aromatic N) is 6. The van der Waals surface area contributed by atoms with Crippen LogP contribution in [0.5, 0.6) is 5.75 Å². The summed E-state index contributed by atoms with van der Waals surface area (Å²) in [6, 6.07) is 5.76. The van der Waals surface area contributed by atoms with Gasteiger partial charge in [0.05, 0.1) is 17.6 Å². The molecule has 1 N–H and O–H groups in total. The Morgan fingerprint density at radius 1 is 1.31 bits per heavy atom. The largest absolute Gasteiger partial charge is 0.485 e. The number of carbonyl (C=O) groups is 1. The molecule has 0 radical (unpaired) electrons. The Labute approximate surface area is 210 Å². The van der Waals surface area contributed by atoms with Gasteiger partial charge in [0.2, 0.25) is 5.91 Å². The molecule has 9 heteroatoms. The van der Waals surface area contributed by atoms with Gasteiger partial charge in [-0.1, -0.05) is 6.58 Å². The SMILES string of the molecule is C=CC(=O)N1CCC(N2CC(c3cc4c(c(C)n3)OCc3c(-c5cnn(C)c5)c#cnc3N4)C2)CC1. The molecule has 9 nitrogen and oxygen atoms in total. The highest BCUT2D eigenvalue weighted by molar-refractivity contribution is 5.87. The number of pyridine rings is 1. The Morgan fingerprint density at radius 3 is 2.83 bits per heavy atom. The molecule has 2 saturated heterocycles. The summed E-state index contributed by atoms with van der Waals surface area (Å²) in [7, 11) is 1.89. The number of piperidine rings is 1. The fourth-order valence-corrected chi connectivity index (χ4v) is 5.46. The first-order valence-corrected chi connectivity index (χ1v) is 12.4. The molecule has 184 valence electrons. The van der Waals surface area contributed by atoms with Crippen molar-refractivity contribution in [1.29, 1.82) is 0 Å². The fourth-order valence-electron chi connectivity index (χ4n) is 5.46. The Bertz CT molecular complexity index is 1320. The lowest BCUT2D eigenvalue weighted by atomic mass is 9.90. The Morgan fingerprint density at radius 2 is 2.11 bits per heavy atom. The second-order valence-corrected chi connectivity index (χ2v) is 9.79. The van der Waals surface area contributed by atoms with Crippen LogP contribution in [-0.2, 0) is 18.4 Å². The zero-order chi connectivity index (χ0) is 24.8. The van der Waals surface area contributed by atoms with Crippen molar-refractivity contribution in [3.63, 3.8) is 0 Å². The molecule has 3 aliphatic heterocycles. The normalized spacial score (nSPS) is 18.1. The molecule has 2 fully saturated rings. The second-order valence-electron chi connectivity index (χ2n) is 9.79. The summed E-state index contributed by atoms with van der Waals surface area (Å²) in [5.41, 5.74) is 5.59. The lowest BCUT2D eigenvalue weighted by Gasteiger charge is -2.47. The van der Waals surface area contributed by atoms with E-state index in [4.69, 9.17) is 9.72 Å². The number of hydrogen-bond donors (Lipinski definition) is 1. The number of amides is 1. The predicted molar refractivity (Wildman–Crippen MR) is 135 cm³/mol. The number of likely N-dealkylation sites (tertiary alicyclic amines) is 2. The lowest BCUT2D eigenvalue weighted by molar-refractivity contribution is -0.127. The number of carbonyl (C=O) groups excluding carboxylic acids is 1. The minimum Gasteiger partial charge on any atom is -0.485 e. The number of fused-ring (bicyclic) bond motifs is 2. The van der Waals surface area contributed by atoms with Crippen molar-refractivity contribution in [2.45, 2.75) is 38.3 Å². The highest BCUT2D eigenvalue weighted by Gasteiger charge is 2.36. The van der Waals surface area contributed by atoms with Crippen molar-refractivity contribution in [2.24, 2.45) is 7.05 Å². The molecule has 3 aromatic heterocycles. The minimum atomic E-state index is 0.0356. The monoisotopic (exact) mass is 483 g/mol. The number of aromatic nitrogens is 4. The van der Waals surface area contributed by atoms with Crippen LogP contribution in [-0.4, -0.2) is 67.7 Å². The molecular formula is C27H29N7O2. The molecule has 3 aromatic rings. The van der Waals surface area contributed by atoms with Crippen molar-refractivity contribution >= 4 is 17.4 Å². The molecule has 6 heterocycles. The maximum atomic E-state index is 11.9. The summed E-state index contributed by atoms with van der Waals surface area (Å²) in [4.78, 5) is 25.6. The highest BCUT2D eigenvalue weighted by Crippen LogP contribution is 2.40. The summed E-state index contributed by atoms with van der Waals surface area (Å²) in [6.07, 6.45) is 10.1. The van der Waals surface area contributed by atoms with Crippen LogP contribution >= 0.6 is 0 Å². The van der Waals surface area contributed by atoms with Crippen LogP contribution in [0.15, 0.2) is 31.1 Å². The number of ether oxygens (including phenoxy) is 1. The summed E-state index contributed by atoms with van der Waals surface area (Å²) < 4.78 is 8.01. The third kappa shape index (κ3) is 3.97. The maximum Gasteiger partial charge on any atom is 0.245 e. The van der Waals surface area contributed by atoms with Gasteiger partial charge in [-0.15, -0.1) is 0 Å². The van der Waals surface area contributed by atoms with Gasteiger partial charge in [-0.3, -0.25) is 19.4 Å². The number of nitrogens with one attached hydrogen (secondary N) is 1. The molecule has 1 amide bonds. The predicted octanol–water partition coefficient (Wildman–Crippen LogP) is 3.00. The van der Waals surface area contributed by atoms with E-state index in [9.17, 15) is 4.79 Å². The number of rotatable bonds is 4. The van der Waals surface area contributed by atoms with Gasteiger partial charge < -0.3 is 15.0 Å². The van der Waals surface area contributed by atoms with Gasteiger partial charge in [-0.2, -0.15) is 10.1 Å². The van der Waals surface area contributed by atoms with E-state index in [0.717, 1.165) is 84.4 Å². The molecule has 0 aliphatic carbocycles. The number of aryl methyl sites for hydroxylation is 2. The van der Waals surface area contributed by atoms with Crippen molar-refractivity contribution in [1.82, 2.24) is 29.5 Å². The molecule has 0 unspecified atom stereocenters. The Kier molecular flexibility index (Phi) is 5.61.